The fraction of sp³-hybridized carbons (Fsp3) is 0.118. The summed E-state index contributed by atoms with van der Waals surface area (Å²) >= 11 is 1.25. The molecule has 0 N–H and O–H groups in total. The zero-order valence-electron chi connectivity index (χ0n) is 12.0. The molecule has 0 unspecified atom stereocenters. The maximum atomic E-state index is 12.9. The van der Waals surface area contributed by atoms with Crippen LogP contribution in [0.2, 0.25) is 0 Å². The molecule has 0 spiro atoms. The highest BCUT2D eigenvalue weighted by Gasteiger charge is 2.30. The number of esters is 1. The van der Waals surface area contributed by atoms with Crippen LogP contribution in [-0.2, 0) is 10.9 Å². The van der Waals surface area contributed by atoms with Crippen LogP contribution in [0.5, 0.6) is 0 Å². The Morgan fingerprint density at radius 2 is 1.83 bits per heavy atom. The Morgan fingerprint density at radius 1 is 1.09 bits per heavy atom. The van der Waals surface area contributed by atoms with E-state index >= 15 is 0 Å². The Morgan fingerprint density at radius 3 is 2.52 bits per heavy atom. The average molecular weight is 336 g/mol. The Hall–Kier alpha value is -2.34. The molecule has 2 nitrogen and oxygen atoms in total. The summed E-state index contributed by atoms with van der Waals surface area (Å²) in [7, 11) is 1.29. The van der Waals surface area contributed by atoms with E-state index < -0.39 is 17.7 Å². The topological polar surface area (TPSA) is 26.3 Å². The quantitative estimate of drug-likeness (QED) is 0.588. The highest BCUT2D eigenvalue weighted by atomic mass is 32.1. The number of fused-ring (bicyclic) bond motifs is 1. The molecule has 0 saturated heterocycles. The molecule has 0 amide bonds. The Balaban J connectivity index is 2.17. The lowest BCUT2D eigenvalue weighted by molar-refractivity contribution is -0.137. The van der Waals surface area contributed by atoms with Crippen LogP contribution in [0.25, 0.3) is 21.2 Å². The molecule has 0 bridgehead atoms. The minimum Gasteiger partial charge on any atom is -0.465 e. The maximum absolute atomic E-state index is 12.9. The monoisotopic (exact) mass is 336 g/mol. The van der Waals surface area contributed by atoms with E-state index in [1.54, 1.807) is 24.3 Å². The van der Waals surface area contributed by atoms with E-state index in [2.05, 4.69) is 0 Å². The van der Waals surface area contributed by atoms with Crippen molar-refractivity contribution in [2.45, 2.75) is 6.18 Å². The SMILES string of the molecule is COC(=O)c1cc2c(-c3cccc(C(F)(F)F)c3)cccc2s1. The van der Waals surface area contributed by atoms with Crippen molar-refractivity contribution in [3.8, 4) is 11.1 Å². The van der Waals surface area contributed by atoms with Crippen LogP contribution >= 0.6 is 11.3 Å². The molecule has 0 radical (unpaired) electrons. The summed E-state index contributed by atoms with van der Waals surface area (Å²) in [5, 5.41) is 0.734. The molecule has 2 aromatic carbocycles. The lowest BCUT2D eigenvalue weighted by atomic mass is 10.00. The minimum atomic E-state index is -4.39. The van der Waals surface area contributed by atoms with Gasteiger partial charge in [-0.05, 0) is 35.4 Å². The number of thiophene rings is 1. The predicted octanol–water partition coefficient (Wildman–Crippen LogP) is 5.37. The van der Waals surface area contributed by atoms with E-state index in [0.717, 1.165) is 22.2 Å². The summed E-state index contributed by atoms with van der Waals surface area (Å²) in [6, 6.07) is 12.1. The van der Waals surface area contributed by atoms with Crippen LogP contribution in [0.1, 0.15) is 15.2 Å². The van der Waals surface area contributed by atoms with Crippen LogP contribution in [-0.4, -0.2) is 13.1 Å². The van der Waals surface area contributed by atoms with Gasteiger partial charge in [-0.15, -0.1) is 11.3 Å². The third-order valence-electron chi connectivity index (χ3n) is 3.45. The van der Waals surface area contributed by atoms with Crippen molar-refractivity contribution >= 4 is 27.4 Å². The van der Waals surface area contributed by atoms with E-state index in [4.69, 9.17) is 4.74 Å². The molecule has 6 heteroatoms. The van der Waals surface area contributed by atoms with Gasteiger partial charge in [-0.1, -0.05) is 24.3 Å². The molecule has 0 fully saturated rings. The van der Waals surface area contributed by atoms with Gasteiger partial charge in [-0.2, -0.15) is 13.2 Å². The Kier molecular flexibility index (Phi) is 3.85. The second kappa shape index (κ2) is 5.70. The van der Waals surface area contributed by atoms with E-state index in [0.29, 0.717) is 16.0 Å². The minimum absolute atomic E-state index is 0.418. The highest BCUT2D eigenvalue weighted by Crippen LogP contribution is 2.37. The first kappa shape index (κ1) is 15.6. The number of methoxy groups -OCH3 is 1. The molecule has 118 valence electrons. The number of halogens is 3. The van der Waals surface area contributed by atoms with Crippen LogP contribution in [0.15, 0.2) is 48.5 Å². The first-order valence-electron chi connectivity index (χ1n) is 6.68. The predicted molar refractivity (Wildman–Crippen MR) is 83.6 cm³/mol. The summed E-state index contributed by atoms with van der Waals surface area (Å²) in [5.41, 5.74) is 0.412. The molecule has 0 saturated carbocycles. The van der Waals surface area contributed by atoms with Crippen LogP contribution < -0.4 is 0 Å². The van der Waals surface area contributed by atoms with Gasteiger partial charge in [0.1, 0.15) is 4.88 Å². The Labute approximate surface area is 134 Å². The average Bonchev–Trinajstić information content (AvgIpc) is 2.97. The normalized spacial score (nSPS) is 11.7. The number of hydrogen-bond acceptors (Lipinski definition) is 3. The number of carbonyl (C=O) groups is 1. The van der Waals surface area contributed by atoms with Crippen molar-refractivity contribution in [1.29, 1.82) is 0 Å². The molecule has 3 aromatic rings. The molecule has 0 aliphatic rings. The smallest absolute Gasteiger partial charge is 0.416 e. The molecule has 0 aliphatic carbocycles. The fourth-order valence-corrected chi connectivity index (χ4v) is 3.38. The first-order valence-corrected chi connectivity index (χ1v) is 7.50. The second-order valence-corrected chi connectivity index (χ2v) is 5.98. The van der Waals surface area contributed by atoms with E-state index in [1.165, 1.54) is 24.5 Å². The summed E-state index contributed by atoms with van der Waals surface area (Å²) in [6.07, 6.45) is -4.39. The van der Waals surface area contributed by atoms with Crippen molar-refractivity contribution in [3.63, 3.8) is 0 Å². The summed E-state index contributed by atoms with van der Waals surface area (Å²) in [4.78, 5) is 12.1. The Bertz CT molecular complexity index is 881. The zero-order valence-corrected chi connectivity index (χ0v) is 12.8. The number of rotatable bonds is 2. The zero-order chi connectivity index (χ0) is 16.6. The third-order valence-corrected chi connectivity index (χ3v) is 4.53. The highest BCUT2D eigenvalue weighted by molar-refractivity contribution is 7.20. The van der Waals surface area contributed by atoms with Gasteiger partial charge in [0.2, 0.25) is 0 Å². The number of ether oxygens (including phenoxy) is 1. The summed E-state index contributed by atoms with van der Waals surface area (Å²) in [5.74, 6) is -0.457. The number of benzene rings is 2. The standard InChI is InChI=1S/C17H11F3O2S/c1-22-16(21)15-9-13-12(6-3-7-14(13)23-15)10-4-2-5-11(8-10)17(18,19)20/h2-9H,1H3. The number of hydrogen-bond donors (Lipinski definition) is 0. The van der Waals surface area contributed by atoms with Gasteiger partial charge >= 0.3 is 12.1 Å². The van der Waals surface area contributed by atoms with Crippen molar-refractivity contribution < 1.29 is 22.7 Å². The van der Waals surface area contributed by atoms with Crippen LogP contribution in [0, 0.1) is 0 Å². The molecular weight excluding hydrogens is 325 g/mol. The van der Waals surface area contributed by atoms with Crippen LogP contribution in [0.4, 0.5) is 13.2 Å². The van der Waals surface area contributed by atoms with E-state index in [1.807, 2.05) is 6.07 Å². The molecular formula is C17H11F3O2S. The molecule has 0 aliphatic heterocycles. The molecule has 0 atom stereocenters. The molecule has 3 rings (SSSR count). The number of alkyl halides is 3. The molecule has 1 aromatic heterocycles. The van der Waals surface area contributed by atoms with E-state index in [9.17, 15) is 18.0 Å². The fourth-order valence-electron chi connectivity index (χ4n) is 2.38. The van der Waals surface area contributed by atoms with Gasteiger partial charge in [0.25, 0.3) is 0 Å². The van der Waals surface area contributed by atoms with Gasteiger partial charge in [-0.3, -0.25) is 0 Å². The van der Waals surface area contributed by atoms with Gasteiger partial charge in [0.05, 0.1) is 12.7 Å². The van der Waals surface area contributed by atoms with Gasteiger partial charge in [0, 0.05) is 10.1 Å². The van der Waals surface area contributed by atoms with Crippen molar-refractivity contribution in [3.05, 3.63) is 59.0 Å². The third kappa shape index (κ3) is 2.94. The lowest BCUT2D eigenvalue weighted by Crippen LogP contribution is -2.04. The van der Waals surface area contributed by atoms with Crippen LogP contribution in [0.3, 0.4) is 0 Å². The molecule has 1 heterocycles. The molecule has 23 heavy (non-hydrogen) atoms. The van der Waals surface area contributed by atoms with Gasteiger partial charge in [0.15, 0.2) is 0 Å². The maximum Gasteiger partial charge on any atom is 0.416 e. The number of carbonyl (C=O) groups excluding carboxylic acids is 1. The lowest BCUT2D eigenvalue weighted by Gasteiger charge is -2.09. The van der Waals surface area contributed by atoms with Gasteiger partial charge in [-0.25, -0.2) is 4.79 Å². The first-order chi connectivity index (χ1) is 10.9. The van der Waals surface area contributed by atoms with E-state index in [-0.39, 0.29) is 0 Å². The van der Waals surface area contributed by atoms with Crippen molar-refractivity contribution in [2.24, 2.45) is 0 Å². The largest absolute Gasteiger partial charge is 0.465 e. The van der Waals surface area contributed by atoms with Crippen molar-refractivity contribution in [1.82, 2.24) is 0 Å². The summed E-state index contributed by atoms with van der Waals surface area (Å²) < 4.78 is 44.2. The van der Waals surface area contributed by atoms with Crippen molar-refractivity contribution in [2.75, 3.05) is 7.11 Å². The summed E-state index contributed by atoms with van der Waals surface area (Å²) in [6.45, 7) is 0. The second-order valence-electron chi connectivity index (χ2n) is 4.90. The van der Waals surface area contributed by atoms with Gasteiger partial charge < -0.3 is 4.74 Å².